The number of rotatable bonds is 1. The van der Waals surface area contributed by atoms with Crippen molar-refractivity contribution in [1.29, 1.82) is 0 Å². The van der Waals surface area contributed by atoms with E-state index in [0.717, 1.165) is 4.48 Å². The van der Waals surface area contributed by atoms with Crippen LogP contribution in [0.5, 0.6) is 0 Å². The van der Waals surface area contributed by atoms with E-state index in [2.05, 4.69) is 49.2 Å². The van der Waals surface area contributed by atoms with Crippen LogP contribution in [0.3, 0.4) is 0 Å². The van der Waals surface area contributed by atoms with Gasteiger partial charge in [-0.25, -0.2) is 0 Å². The highest BCUT2D eigenvalue weighted by Gasteiger charge is 1.97. The summed E-state index contributed by atoms with van der Waals surface area (Å²) in [6, 6.07) is 0. The zero-order valence-electron chi connectivity index (χ0n) is 9.55. The third-order valence-corrected chi connectivity index (χ3v) is 0.949. The van der Waals surface area contributed by atoms with Crippen molar-refractivity contribution >= 4 is 0 Å². The van der Waals surface area contributed by atoms with E-state index in [0.29, 0.717) is 0 Å². The lowest BCUT2D eigenvalue weighted by Crippen LogP contribution is -3.02. The SMILES string of the molecule is CC[N+](C)(C)C.C[NH+](C)C.[OH-].[OH-]. The Balaban J connectivity index is -0.0000000483. The fourth-order valence-electron chi connectivity index (χ4n) is 0. The Labute approximate surface area is 77.0 Å². The molecule has 4 heteroatoms. The predicted octanol–water partition coefficient (Wildman–Crippen LogP) is -0.880. The topological polar surface area (TPSA) is 64.4 Å². The lowest BCUT2D eigenvalue weighted by Gasteiger charge is -2.20. The van der Waals surface area contributed by atoms with E-state index in [9.17, 15) is 0 Å². The van der Waals surface area contributed by atoms with Crippen LogP contribution < -0.4 is 4.90 Å². The highest BCUT2D eigenvalue weighted by atomic mass is 16.0. The predicted molar refractivity (Wildman–Crippen MR) is 51.2 cm³/mol. The van der Waals surface area contributed by atoms with Gasteiger partial charge in [-0.3, -0.25) is 0 Å². The third-order valence-electron chi connectivity index (χ3n) is 0.949. The van der Waals surface area contributed by atoms with Crippen molar-refractivity contribution in [3.05, 3.63) is 0 Å². The van der Waals surface area contributed by atoms with Crippen LogP contribution in [0, 0.1) is 0 Å². The van der Waals surface area contributed by atoms with Crippen LogP contribution in [-0.4, -0.2) is 64.3 Å². The van der Waals surface area contributed by atoms with E-state index in [-0.39, 0.29) is 11.0 Å². The molecule has 0 heterocycles. The first-order chi connectivity index (χ1) is 4.29. The minimum Gasteiger partial charge on any atom is -0.870 e. The number of nitrogens with one attached hydrogen (secondary N) is 1. The molecule has 0 spiro atoms. The Bertz CT molecular complexity index is 67.2. The van der Waals surface area contributed by atoms with Crippen molar-refractivity contribution in [2.24, 2.45) is 0 Å². The van der Waals surface area contributed by atoms with Crippen LogP contribution in [0.15, 0.2) is 0 Å². The summed E-state index contributed by atoms with van der Waals surface area (Å²) < 4.78 is 1.07. The van der Waals surface area contributed by atoms with Crippen LogP contribution in [0.25, 0.3) is 0 Å². The summed E-state index contributed by atoms with van der Waals surface area (Å²) in [5.74, 6) is 0. The Kier molecular flexibility index (Phi) is 20.4. The fourth-order valence-corrected chi connectivity index (χ4v) is 0. The van der Waals surface area contributed by atoms with Gasteiger partial charge in [0.2, 0.25) is 0 Å². The molecule has 0 aliphatic rings. The van der Waals surface area contributed by atoms with Gasteiger partial charge >= 0.3 is 0 Å². The molecule has 0 aliphatic heterocycles. The minimum atomic E-state index is 0. The Morgan fingerprint density at radius 1 is 0.917 bits per heavy atom. The maximum Gasteiger partial charge on any atom is 0.0751 e. The van der Waals surface area contributed by atoms with Crippen molar-refractivity contribution in [2.75, 3.05) is 48.8 Å². The molecule has 0 bridgehead atoms. The molecule has 3 N–H and O–H groups in total. The van der Waals surface area contributed by atoms with Crippen molar-refractivity contribution in [1.82, 2.24) is 0 Å². The van der Waals surface area contributed by atoms with Gasteiger partial charge in [0.1, 0.15) is 0 Å². The molecule has 0 aromatic rings. The average molecular weight is 182 g/mol. The molecular weight excluding hydrogens is 156 g/mol. The first-order valence-corrected chi connectivity index (χ1v) is 3.86. The molecule has 0 amide bonds. The largest absolute Gasteiger partial charge is 0.870 e. The van der Waals surface area contributed by atoms with Gasteiger partial charge in [-0.05, 0) is 6.92 Å². The molecule has 0 aliphatic carbocycles. The first kappa shape index (κ1) is 22.6. The van der Waals surface area contributed by atoms with Crippen LogP contribution in [-0.2, 0) is 0 Å². The summed E-state index contributed by atoms with van der Waals surface area (Å²) in [4.78, 5) is 1.42. The molecule has 0 saturated heterocycles. The summed E-state index contributed by atoms with van der Waals surface area (Å²) in [6.45, 7) is 3.39. The van der Waals surface area contributed by atoms with Crippen LogP contribution in [0.1, 0.15) is 6.92 Å². The summed E-state index contributed by atoms with van der Waals surface area (Å²) in [5.41, 5.74) is 0. The second-order valence-corrected chi connectivity index (χ2v) is 4.11. The Morgan fingerprint density at radius 2 is 1.00 bits per heavy atom. The molecule has 0 unspecified atom stereocenters. The van der Waals surface area contributed by atoms with E-state index in [1.54, 1.807) is 0 Å². The molecule has 12 heavy (non-hydrogen) atoms. The summed E-state index contributed by atoms with van der Waals surface area (Å²) >= 11 is 0. The third kappa shape index (κ3) is 95.3. The van der Waals surface area contributed by atoms with Gasteiger partial charge in [-0.1, -0.05) is 0 Å². The zero-order valence-corrected chi connectivity index (χ0v) is 9.55. The first-order valence-electron chi connectivity index (χ1n) is 3.86. The number of hydrogen-bond donors (Lipinski definition) is 1. The minimum absolute atomic E-state index is 0. The standard InChI is InChI=1S/C5H14N.C3H9N.2H2O/c1-5-6(2,3)4;1-4(2)3;;/h5H2,1-4H3;1-3H3;2*1H2/q+1;;;/p-1. The number of hydrogen-bond acceptors (Lipinski definition) is 2. The summed E-state index contributed by atoms with van der Waals surface area (Å²) in [5, 5.41) is 0. The van der Waals surface area contributed by atoms with Crippen LogP contribution in [0.4, 0.5) is 0 Å². The fraction of sp³-hybridized carbons (Fsp3) is 1.00. The Hall–Kier alpha value is -0.160. The van der Waals surface area contributed by atoms with Gasteiger partial charge in [0.25, 0.3) is 0 Å². The van der Waals surface area contributed by atoms with Gasteiger partial charge in [0, 0.05) is 0 Å². The molecular formula is C8H26N2O2. The maximum atomic E-state index is 2.18. The highest BCUT2D eigenvalue weighted by Crippen LogP contribution is 1.83. The molecule has 80 valence electrons. The van der Waals surface area contributed by atoms with E-state index in [1.807, 2.05) is 0 Å². The normalized spacial score (nSPS) is 9.00. The lowest BCUT2D eigenvalue weighted by molar-refractivity contribution is -0.868. The molecule has 0 atom stereocenters. The molecule has 0 aromatic heterocycles. The second-order valence-electron chi connectivity index (χ2n) is 4.11. The summed E-state index contributed by atoms with van der Waals surface area (Å²) in [6.07, 6.45) is 0. The smallest absolute Gasteiger partial charge is 0.0751 e. The monoisotopic (exact) mass is 182 g/mol. The second kappa shape index (κ2) is 10.8. The zero-order chi connectivity index (χ0) is 8.78. The molecule has 0 fully saturated rings. The van der Waals surface area contributed by atoms with E-state index in [4.69, 9.17) is 0 Å². The van der Waals surface area contributed by atoms with Crippen molar-refractivity contribution < 1.29 is 20.3 Å². The van der Waals surface area contributed by atoms with Crippen molar-refractivity contribution in [3.8, 4) is 0 Å². The molecule has 0 aromatic carbocycles. The van der Waals surface area contributed by atoms with E-state index >= 15 is 0 Å². The Morgan fingerprint density at radius 3 is 1.00 bits per heavy atom. The van der Waals surface area contributed by atoms with Crippen LogP contribution >= 0.6 is 0 Å². The van der Waals surface area contributed by atoms with Gasteiger partial charge < -0.3 is 20.3 Å². The van der Waals surface area contributed by atoms with Gasteiger partial charge in [-0.15, -0.1) is 0 Å². The molecule has 0 saturated carbocycles. The number of nitrogens with zero attached hydrogens (tertiary/aromatic N) is 1. The quantitative estimate of drug-likeness (QED) is 0.535. The maximum absolute atomic E-state index is 2.18. The van der Waals surface area contributed by atoms with Gasteiger partial charge in [-0.2, -0.15) is 0 Å². The van der Waals surface area contributed by atoms with Gasteiger partial charge in [0.05, 0.1) is 48.8 Å². The van der Waals surface area contributed by atoms with Crippen LogP contribution in [0.2, 0.25) is 0 Å². The lowest BCUT2D eigenvalue weighted by atomic mass is 10.6. The highest BCUT2D eigenvalue weighted by molar-refractivity contribution is 4.06. The molecule has 4 nitrogen and oxygen atoms in total. The summed E-state index contributed by atoms with van der Waals surface area (Å²) in [7, 11) is 12.8. The van der Waals surface area contributed by atoms with Gasteiger partial charge in [0.15, 0.2) is 0 Å². The van der Waals surface area contributed by atoms with E-state index in [1.165, 1.54) is 11.4 Å². The van der Waals surface area contributed by atoms with E-state index < -0.39 is 0 Å². The van der Waals surface area contributed by atoms with Crippen molar-refractivity contribution in [3.63, 3.8) is 0 Å². The molecule has 0 radical (unpaired) electrons. The average Bonchev–Trinajstić information content (AvgIpc) is 1.63. The number of quaternary nitrogens is 2. The molecule has 0 rings (SSSR count). The van der Waals surface area contributed by atoms with Crippen molar-refractivity contribution in [2.45, 2.75) is 6.92 Å².